The molecule has 2 aliphatic heterocycles. The van der Waals surface area contributed by atoms with Crippen LogP contribution in [-0.2, 0) is 31.9 Å². The highest BCUT2D eigenvalue weighted by Crippen LogP contribution is 2.34. The Morgan fingerprint density at radius 1 is 0.708 bits per heavy atom. The average Bonchev–Trinajstić information content (AvgIpc) is 4.16. The maximum Gasteiger partial charge on any atom is 0.237 e. The Bertz CT molecular complexity index is 2790. The van der Waals surface area contributed by atoms with E-state index in [2.05, 4.69) is 46.5 Å². The Labute approximate surface area is 415 Å². The van der Waals surface area contributed by atoms with Gasteiger partial charge in [-0.2, -0.15) is 0 Å². The predicted octanol–water partition coefficient (Wildman–Crippen LogP) is -0.804. The maximum absolute atomic E-state index is 12.9. The van der Waals surface area contributed by atoms with Gasteiger partial charge in [-0.25, -0.2) is 29.9 Å². The summed E-state index contributed by atoms with van der Waals surface area (Å²) in [5, 5.41) is 47.4. The molecule has 8 rings (SSSR count). The lowest BCUT2D eigenvalue weighted by Gasteiger charge is -2.23. The van der Waals surface area contributed by atoms with Crippen LogP contribution in [0.4, 0.5) is 11.6 Å². The molecule has 2 amide bonds. The Morgan fingerprint density at radius 3 is 1.50 bits per heavy atom. The first kappa shape index (κ1) is 52.7. The fourth-order valence-corrected chi connectivity index (χ4v) is 8.34. The number of carbonyl (C=O) groups is 2. The minimum atomic E-state index is -1.19. The number of rotatable bonds is 19. The first-order valence-corrected chi connectivity index (χ1v) is 23.2. The number of imidazole rings is 2. The van der Waals surface area contributed by atoms with Gasteiger partial charge >= 0.3 is 0 Å². The van der Waals surface area contributed by atoms with Crippen molar-refractivity contribution in [2.24, 2.45) is 11.5 Å². The number of fused-ring (bicyclic) bond motifs is 2. The van der Waals surface area contributed by atoms with E-state index in [1.807, 2.05) is 59.4 Å². The molecule has 384 valence electrons. The predicted molar refractivity (Wildman–Crippen MR) is 264 cm³/mol. The first-order valence-electron chi connectivity index (χ1n) is 23.2. The summed E-state index contributed by atoms with van der Waals surface area (Å²) in [5.41, 5.74) is 16.0. The molecule has 0 aliphatic carbocycles. The quantitative estimate of drug-likeness (QED) is 0.0461. The summed E-state index contributed by atoms with van der Waals surface area (Å²) in [5.74, 6) is 4.06. The third kappa shape index (κ3) is 11.8. The average molecular weight is 995 g/mol. The van der Waals surface area contributed by atoms with E-state index in [-0.39, 0.29) is 13.0 Å². The zero-order chi connectivity index (χ0) is 51.6. The van der Waals surface area contributed by atoms with Crippen LogP contribution in [0.25, 0.3) is 22.3 Å². The molecule has 2 unspecified atom stereocenters. The number of ether oxygens (including phenoxy) is 4. The Morgan fingerprint density at radius 2 is 1.12 bits per heavy atom. The zero-order valence-corrected chi connectivity index (χ0v) is 40.6. The van der Waals surface area contributed by atoms with E-state index in [0.717, 1.165) is 23.3 Å². The third-order valence-electron chi connectivity index (χ3n) is 12.0. The highest BCUT2D eigenvalue weighted by Gasteiger charge is 2.47. The lowest BCUT2D eigenvalue weighted by molar-refractivity contribution is -0.124. The molecule has 24 heteroatoms. The van der Waals surface area contributed by atoms with Gasteiger partial charge < -0.3 is 71.3 Å². The molecular weight excluding hydrogens is 933 g/mol. The van der Waals surface area contributed by atoms with Gasteiger partial charge in [0.05, 0.1) is 56.6 Å². The van der Waals surface area contributed by atoms with E-state index in [4.69, 9.17) is 36.8 Å². The van der Waals surface area contributed by atoms with Crippen LogP contribution in [0.5, 0.6) is 11.5 Å². The van der Waals surface area contributed by atoms with Gasteiger partial charge in [-0.3, -0.25) is 18.7 Å². The Kier molecular flexibility index (Phi) is 17.5. The molecule has 0 radical (unpaired) electrons. The van der Waals surface area contributed by atoms with Crippen molar-refractivity contribution >= 4 is 45.8 Å². The molecule has 2 saturated heterocycles. The summed E-state index contributed by atoms with van der Waals surface area (Å²) in [6.45, 7) is 2.02. The summed E-state index contributed by atoms with van der Waals surface area (Å²) in [4.78, 5) is 55.2. The lowest BCUT2D eigenvalue weighted by atomic mass is 10.0. The SMILES string of the molecule is C#CCOc1ccc(C[C@H](N)C(=O)NC2[C@@H](CO)O[C@@H](n3cnc4c(N(C)C)ncnc43)[C@H]2O)cc1.CCCOc1ccc(C[C@H](N)C(=O)NC2[C@@H](CO)O[C@@H](n3cnc4c(N(C)C)ncnc43)[C@H]2O)cc1. The second-order valence-electron chi connectivity index (χ2n) is 17.6. The van der Waals surface area contributed by atoms with Crippen LogP contribution < -0.4 is 41.4 Å². The number of aliphatic hydroxyl groups excluding tert-OH is 4. The van der Waals surface area contributed by atoms with Gasteiger partial charge in [0, 0.05) is 28.2 Å². The van der Waals surface area contributed by atoms with Crippen molar-refractivity contribution in [1.29, 1.82) is 0 Å². The second kappa shape index (κ2) is 23.9. The van der Waals surface area contributed by atoms with E-state index >= 15 is 0 Å². The van der Waals surface area contributed by atoms with Gasteiger partial charge in [0.25, 0.3) is 0 Å². The van der Waals surface area contributed by atoms with E-state index < -0.39 is 86.1 Å². The number of carbonyl (C=O) groups excluding carboxylic acids is 2. The molecule has 0 saturated carbocycles. The van der Waals surface area contributed by atoms with Crippen LogP contribution in [0.1, 0.15) is 36.9 Å². The Balaban J connectivity index is 0.000000211. The van der Waals surface area contributed by atoms with Crippen molar-refractivity contribution in [3.8, 4) is 23.8 Å². The maximum atomic E-state index is 12.9. The number of benzene rings is 2. The topological polar surface area (TPSA) is 322 Å². The zero-order valence-electron chi connectivity index (χ0n) is 40.6. The highest BCUT2D eigenvalue weighted by atomic mass is 16.6. The number of hydrogen-bond donors (Lipinski definition) is 8. The fourth-order valence-electron chi connectivity index (χ4n) is 8.34. The van der Waals surface area contributed by atoms with Gasteiger partial charge in [-0.05, 0) is 54.7 Å². The van der Waals surface area contributed by atoms with Crippen molar-refractivity contribution in [3.63, 3.8) is 0 Å². The lowest BCUT2D eigenvalue weighted by Crippen LogP contribution is -2.53. The molecule has 2 fully saturated rings. The van der Waals surface area contributed by atoms with Crippen LogP contribution in [0.3, 0.4) is 0 Å². The van der Waals surface area contributed by atoms with E-state index in [1.165, 1.54) is 25.3 Å². The van der Waals surface area contributed by atoms with Crippen LogP contribution in [0.2, 0.25) is 0 Å². The van der Waals surface area contributed by atoms with Crippen LogP contribution in [0.15, 0.2) is 73.8 Å². The monoisotopic (exact) mass is 994 g/mol. The number of nitrogens with two attached hydrogens (primary N) is 2. The van der Waals surface area contributed by atoms with Crippen molar-refractivity contribution in [2.75, 3.05) is 64.4 Å². The highest BCUT2D eigenvalue weighted by molar-refractivity contribution is 5.85. The Hall–Kier alpha value is -7.08. The molecule has 2 aliphatic rings. The molecule has 0 bridgehead atoms. The molecule has 10 atom stereocenters. The number of nitrogens with zero attached hydrogens (tertiary/aromatic N) is 10. The third-order valence-corrected chi connectivity index (χ3v) is 12.0. The number of amides is 2. The van der Waals surface area contributed by atoms with Crippen molar-refractivity contribution < 1.29 is 49.0 Å². The number of aromatic nitrogens is 8. The summed E-state index contributed by atoms with van der Waals surface area (Å²) in [6, 6.07) is 11.0. The molecule has 24 nitrogen and oxygen atoms in total. The number of anilines is 2. The summed E-state index contributed by atoms with van der Waals surface area (Å²) >= 11 is 0. The van der Waals surface area contributed by atoms with E-state index in [9.17, 15) is 30.0 Å². The number of hydrogen-bond acceptors (Lipinski definition) is 20. The molecule has 6 heterocycles. The van der Waals surface area contributed by atoms with Gasteiger partial charge in [-0.15, -0.1) is 6.42 Å². The second-order valence-corrected chi connectivity index (χ2v) is 17.6. The van der Waals surface area contributed by atoms with Crippen molar-refractivity contribution in [3.05, 3.63) is 85.0 Å². The minimum absolute atomic E-state index is 0.165. The van der Waals surface area contributed by atoms with Crippen LogP contribution in [-0.4, -0.2) is 174 Å². The summed E-state index contributed by atoms with van der Waals surface area (Å²) < 4.78 is 25.9. The number of terminal acetylenes is 1. The molecule has 4 aromatic heterocycles. The van der Waals surface area contributed by atoms with Gasteiger partial charge in [-0.1, -0.05) is 37.1 Å². The molecule has 2 aromatic carbocycles. The standard InChI is InChI=1S/C24H33N7O5.C24H29N7O5/c2*1-4-9-35-15-7-5-14(6-8-15)10-16(25)23(34)29-18-17(11-32)36-24(20(18)33)31-13-28-19-21(30(2)3)26-12-27-22(19)31/h5-8,12-13,16-18,20,24,32-33H,4,9-11,25H2,1-3H3,(H,29,34);1,5-8,12-13,16-18,20,24,32-33H,9-11,25H2,2-3H3,(H,29,34)/t2*16-,17+,18?,20-,24+/m00/s1. The smallest absolute Gasteiger partial charge is 0.237 e. The van der Waals surface area contributed by atoms with E-state index in [0.29, 0.717) is 52.7 Å². The van der Waals surface area contributed by atoms with Crippen LogP contribution >= 0.6 is 0 Å². The normalized spacial score (nSPS) is 22.4. The summed E-state index contributed by atoms with van der Waals surface area (Å²) in [7, 11) is 7.35. The van der Waals surface area contributed by atoms with E-state index in [1.54, 1.807) is 43.2 Å². The number of aliphatic hydroxyl groups is 4. The largest absolute Gasteiger partial charge is 0.494 e. The van der Waals surface area contributed by atoms with Gasteiger partial charge in [0.15, 0.2) is 46.4 Å². The number of nitrogens with one attached hydrogen (secondary N) is 2. The van der Waals surface area contributed by atoms with Crippen molar-refractivity contribution in [2.45, 2.75) is 87.2 Å². The van der Waals surface area contributed by atoms with Crippen LogP contribution in [0, 0.1) is 12.3 Å². The molecule has 10 N–H and O–H groups in total. The molecule has 6 aromatic rings. The van der Waals surface area contributed by atoms with Gasteiger partial charge in [0.2, 0.25) is 11.8 Å². The first-order chi connectivity index (χ1) is 34.7. The molecule has 72 heavy (non-hydrogen) atoms. The summed E-state index contributed by atoms with van der Waals surface area (Å²) in [6.07, 6.45) is 6.52. The molecule has 0 spiro atoms. The van der Waals surface area contributed by atoms with Crippen molar-refractivity contribution in [1.82, 2.24) is 49.7 Å². The van der Waals surface area contributed by atoms with Gasteiger partial charge in [0.1, 0.15) is 55.2 Å². The fraction of sp³-hybridized carbons (Fsp3) is 0.458. The molecular formula is C48H62N14O10. The minimum Gasteiger partial charge on any atom is -0.494 e.